The Hall–Kier alpha value is -3.79. The van der Waals surface area contributed by atoms with E-state index in [1.807, 2.05) is 54.6 Å². The quantitative estimate of drug-likeness (QED) is 0.506. The highest BCUT2D eigenvalue weighted by atomic mass is 16.5. The first kappa shape index (κ1) is 18.0. The molecule has 0 saturated heterocycles. The minimum Gasteiger partial charge on any atom is -0.493 e. The van der Waals surface area contributed by atoms with Crippen molar-refractivity contribution in [2.75, 3.05) is 12.5 Å². The molecule has 1 aromatic heterocycles. The second-order valence-electron chi connectivity index (χ2n) is 5.58. The number of hydrogen-bond donors (Lipinski definition) is 1. The Morgan fingerprint density at radius 1 is 1.22 bits per heavy atom. The first-order valence-electron chi connectivity index (χ1n) is 8.21. The molecule has 27 heavy (non-hydrogen) atoms. The summed E-state index contributed by atoms with van der Waals surface area (Å²) in [5.74, 6) is 1.85. The highest BCUT2D eigenvalue weighted by Crippen LogP contribution is 2.28. The van der Waals surface area contributed by atoms with Crippen LogP contribution in [0.5, 0.6) is 11.5 Å². The topological polar surface area (TPSA) is 92.7 Å². The number of anilines is 1. The van der Waals surface area contributed by atoms with Crippen LogP contribution in [0.1, 0.15) is 22.7 Å². The van der Waals surface area contributed by atoms with Crippen molar-refractivity contribution in [3.8, 4) is 17.6 Å². The minimum absolute atomic E-state index is 0.159. The van der Waals surface area contributed by atoms with Gasteiger partial charge < -0.3 is 13.9 Å². The van der Waals surface area contributed by atoms with Crippen molar-refractivity contribution in [3.05, 3.63) is 71.2 Å². The van der Waals surface area contributed by atoms with Crippen molar-refractivity contribution in [1.29, 1.82) is 5.26 Å². The predicted molar refractivity (Wildman–Crippen MR) is 101 cm³/mol. The van der Waals surface area contributed by atoms with E-state index in [0.717, 1.165) is 11.1 Å². The fraction of sp³-hybridized carbons (Fsp3) is 0.150. The molecule has 0 aliphatic carbocycles. The van der Waals surface area contributed by atoms with Crippen molar-refractivity contribution in [1.82, 2.24) is 4.98 Å². The number of hydrazone groups is 1. The van der Waals surface area contributed by atoms with Gasteiger partial charge in [0, 0.05) is 6.92 Å². The van der Waals surface area contributed by atoms with Gasteiger partial charge in [0.05, 0.1) is 13.3 Å². The first-order chi connectivity index (χ1) is 13.2. The summed E-state index contributed by atoms with van der Waals surface area (Å²) in [7, 11) is 1.58. The van der Waals surface area contributed by atoms with Crippen LogP contribution in [0.15, 0.2) is 58.0 Å². The lowest BCUT2D eigenvalue weighted by Crippen LogP contribution is -1.98. The molecule has 3 aromatic rings. The van der Waals surface area contributed by atoms with Gasteiger partial charge in [0.25, 0.3) is 5.88 Å². The zero-order valence-corrected chi connectivity index (χ0v) is 15.0. The van der Waals surface area contributed by atoms with E-state index in [0.29, 0.717) is 24.0 Å². The third-order valence-electron chi connectivity index (χ3n) is 3.64. The molecule has 0 aliphatic heterocycles. The van der Waals surface area contributed by atoms with Crippen LogP contribution in [0.25, 0.3) is 0 Å². The lowest BCUT2D eigenvalue weighted by molar-refractivity contribution is 0.284. The van der Waals surface area contributed by atoms with Crippen LogP contribution in [0.2, 0.25) is 0 Å². The van der Waals surface area contributed by atoms with Crippen LogP contribution in [0, 0.1) is 18.3 Å². The van der Waals surface area contributed by atoms with Gasteiger partial charge in [0.2, 0.25) is 5.69 Å². The molecular formula is C20H18N4O3. The van der Waals surface area contributed by atoms with E-state index >= 15 is 0 Å². The molecule has 7 heteroatoms. The van der Waals surface area contributed by atoms with E-state index in [4.69, 9.17) is 19.2 Å². The number of benzene rings is 2. The number of nitriles is 1. The molecule has 7 nitrogen and oxygen atoms in total. The van der Waals surface area contributed by atoms with Crippen molar-refractivity contribution < 1.29 is 13.9 Å². The summed E-state index contributed by atoms with van der Waals surface area (Å²) in [5, 5.41) is 13.1. The van der Waals surface area contributed by atoms with E-state index in [9.17, 15) is 0 Å². The van der Waals surface area contributed by atoms with Gasteiger partial charge in [-0.05, 0) is 29.3 Å². The molecule has 3 rings (SSSR count). The fourth-order valence-electron chi connectivity index (χ4n) is 2.36. The van der Waals surface area contributed by atoms with E-state index in [-0.39, 0.29) is 11.6 Å². The molecule has 0 bridgehead atoms. The summed E-state index contributed by atoms with van der Waals surface area (Å²) in [4.78, 5) is 3.94. The van der Waals surface area contributed by atoms with E-state index in [2.05, 4.69) is 15.5 Å². The predicted octanol–water partition coefficient (Wildman–Crippen LogP) is 3.89. The van der Waals surface area contributed by atoms with Crippen LogP contribution in [-0.4, -0.2) is 18.3 Å². The molecule has 136 valence electrons. The summed E-state index contributed by atoms with van der Waals surface area (Å²) >= 11 is 0. The number of rotatable bonds is 7. The Labute approximate surface area is 156 Å². The molecule has 0 atom stereocenters. The Morgan fingerprint density at radius 3 is 2.78 bits per heavy atom. The molecule has 1 N–H and O–H groups in total. The molecule has 0 unspecified atom stereocenters. The molecule has 0 saturated carbocycles. The van der Waals surface area contributed by atoms with Crippen molar-refractivity contribution >= 4 is 12.1 Å². The number of oxazole rings is 1. The summed E-state index contributed by atoms with van der Waals surface area (Å²) < 4.78 is 16.5. The van der Waals surface area contributed by atoms with Crippen molar-refractivity contribution in [2.24, 2.45) is 5.10 Å². The highest BCUT2D eigenvalue weighted by Gasteiger charge is 2.09. The van der Waals surface area contributed by atoms with Crippen LogP contribution >= 0.6 is 0 Å². The third kappa shape index (κ3) is 4.64. The maximum Gasteiger partial charge on any atom is 0.252 e. The highest BCUT2D eigenvalue weighted by molar-refractivity contribution is 5.81. The van der Waals surface area contributed by atoms with Crippen LogP contribution in [0.4, 0.5) is 5.88 Å². The van der Waals surface area contributed by atoms with Gasteiger partial charge in [0.15, 0.2) is 17.4 Å². The molecule has 0 spiro atoms. The Kier molecular flexibility index (Phi) is 5.70. The SMILES string of the molecule is COc1cc(C=NNc2oc(C)nc2C#N)ccc1OCc1ccccc1. The number of ether oxygens (including phenoxy) is 2. The normalized spacial score (nSPS) is 10.6. The number of aromatic nitrogens is 1. The lowest BCUT2D eigenvalue weighted by atomic mass is 10.2. The number of methoxy groups -OCH3 is 1. The first-order valence-corrected chi connectivity index (χ1v) is 8.21. The zero-order chi connectivity index (χ0) is 19.1. The molecule has 0 amide bonds. The minimum atomic E-state index is 0.159. The van der Waals surface area contributed by atoms with Gasteiger partial charge in [-0.15, -0.1) is 0 Å². The van der Waals surface area contributed by atoms with E-state index in [1.54, 1.807) is 20.2 Å². The number of hydrogen-bond acceptors (Lipinski definition) is 7. The Bertz CT molecular complexity index is 975. The molecular weight excluding hydrogens is 344 g/mol. The average Bonchev–Trinajstić information content (AvgIpc) is 3.07. The smallest absolute Gasteiger partial charge is 0.252 e. The standard InChI is InChI=1S/C20H18N4O3/c1-14-23-17(11-21)20(27-14)24-22-12-16-8-9-18(19(10-16)25-2)26-13-15-6-4-3-5-7-15/h3-10,12,24H,13H2,1-2H3. The molecule has 0 radical (unpaired) electrons. The zero-order valence-electron chi connectivity index (χ0n) is 15.0. The summed E-state index contributed by atoms with van der Waals surface area (Å²) in [6, 6.07) is 17.3. The number of nitrogens with one attached hydrogen (secondary N) is 1. The summed E-state index contributed by atoms with van der Waals surface area (Å²) in [6.45, 7) is 2.11. The maximum atomic E-state index is 8.99. The third-order valence-corrected chi connectivity index (χ3v) is 3.64. The van der Waals surface area contributed by atoms with Gasteiger partial charge in [-0.3, -0.25) is 0 Å². The molecule has 0 aliphatic rings. The summed E-state index contributed by atoms with van der Waals surface area (Å²) in [5.41, 5.74) is 4.70. The second-order valence-corrected chi connectivity index (χ2v) is 5.58. The van der Waals surface area contributed by atoms with Gasteiger partial charge in [-0.25, -0.2) is 10.4 Å². The monoisotopic (exact) mass is 362 g/mol. The summed E-state index contributed by atoms with van der Waals surface area (Å²) in [6.07, 6.45) is 1.59. The Balaban J connectivity index is 1.67. The van der Waals surface area contributed by atoms with E-state index < -0.39 is 0 Å². The Morgan fingerprint density at radius 2 is 2.04 bits per heavy atom. The molecule has 2 aromatic carbocycles. The molecule has 0 fully saturated rings. The van der Waals surface area contributed by atoms with Crippen LogP contribution in [0.3, 0.4) is 0 Å². The largest absolute Gasteiger partial charge is 0.493 e. The fourth-order valence-corrected chi connectivity index (χ4v) is 2.36. The average molecular weight is 362 g/mol. The number of aryl methyl sites for hydroxylation is 1. The maximum absolute atomic E-state index is 8.99. The van der Waals surface area contributed by atoms with Gasteiger partial charge in [-0.2, -0.15) is 10.4 Å². The molecule has 1 heterocycles. The van der Waals surface area contributed by atoms with E-state index in [1.165, 1.54) is 0 Å². The number of nitrogens with zero attached hydrogens (tertiary/aromatic N) is 3. The van der Waals surface area contributed by atoms with Crippen molar-refractivity contribution in [2.45, 2.75) is 13.5 Å². The van der Waals surface area contributed by atoms with Crippen LogP contribution in [-0.2, 0) is 6.61 Å². The van der Waals surface area contributed by atoms with Gasteiger partial charge >= 0.3 is 0 Å². The lowest BCUT2D eigenvalue weighted by Gasteiger charge is -2.11. The second kappa shape index (κ2) is 8.54. The van der Waals surface area contributed by atoms with Crippen LogP contribution < -0.4 is 14.9 Å². The van der Waals surface area contributed by atoms with Gasteiger partial charge in [-0.1, -0.05) is 30.3 Å². The van der Waals surface area contributed by atoms with Gasteiger partial charge in [0.1, 0.15) is 12.7 Å². The van der Waals surface area contributed by atoms with Crippen molar-refractivity contribution in [3.63, 3.8) is 0 Å².